The maximum Gasteiger partial charge on any atom is 0.274 e. The fourth-order valence-electron chi connectivity index (χ4n) is 1.42. The van der Waals surface area contributed by atoms with Crippen molar-refractivity contribution in [2.24, 2.45) is 0 Å². The van der Waals surface area contributed by atoms with Crippen LogP contribution in [0, 0.1) is 10.1 Å². The average Bonchev–Trinajstić information content (AvgIpc) is 2.41. The first-order valence-corrected chi connectivity index (χ1v) is 6.93. The Morgan fingerprint density at radius 2 is 2.00 bits per heavy atom. The Balaban J connectivity index is 2.19. The molecule has 2 aromatic rings. The van der Waals surface area contributed by atoms with Gasteiger partial charge in [-0.25, -0.2) is 4.98 Å². The third kappa shape index (κ3) is 3.40. The van der Waals surface area contributed by atoms with Crippen LogP contribution >= 0.6 is 31.9 Å². The van der Waals surface area contributed by atoms with Crippen LogP contribution in [-0.2, 0) is 0 Å². The summed E-state index contributed by atoms with van der Waals surface area (Å²) in [5.41, 5.74) is 0.625. The van der Waals surface area contributed by atoms with E-state index >= 15 is 0 Å². The van der Waals surface area contributed by atoms with Gasteiger partial charge in [0, 0.05) is 27.3 Å². The van der Waals surface area contributed by atoms with Crippen LogP contribution in [0.3, 0.4) is 0 Å². The highest BCUT2D eigenvalue weighted by atomic mass is 79.9. The molecule has 0 aliphatic rings. The Labute approximate surface area is 130 Å². The molecule has 0 aliphatic carbocycles. The number of pyridine rings is 1. The highest BCUT2D eigenvalue weighted by Crippen LogP contribution is 2.27. The normalized spacial score (nSPS) is 10.1. The van der Waals surface area contributed by atoms with Crippen molar-refractivity contribution in [3.05, 3.63) is 61.3 Å². The molecule has 0 bridgehead atoms. The molecule has 0 spiro atoms. The number of nitro benzene ring substituents is 1. The van der Waals surface area contributed by atoms with Crippen LogP contribution in [0.1, 0.15) is 10.5 Å². The van der Waals surface area contributed by atoms with E-state index in [-0.39, 0.29) is 11.4 Å². The second-order valence-electron chi connectivity index (χ2n) is 3.74. The maximum atomic E-state index is 12.0. The molecule has 1 amide bonds. The summed E-state index contributed by atoms with van der Waals surface area (Å²) in [4.78, 5) is 26.0. The van der Waals surface area contributed by atoms with E-state index in [1.54, 1.807) is 12.1 Å². The van der Waals surface area contributed by atoms with Gasteiger partial charge in [0.05, 0.1) is 10.6 Å². The molecule has 0 saturated carbocycles. The van der Waals surface area contributed by atoms with Crippen LogP contribution in [-0.4, -0.2) is 15.8 Å². The average molecular weight is 401 g/mol. The molecule has 1 heterocycles. The number of rotatable bonds is 3. The number of nitro groups is 1. The lowest BCUT2D eigenvalue weighted by molar-refractivity contribution is -0.384. The van der Waals surface area contributed by atoms with Crippen molar-refractivity contribution in [1.29, 1.82) is 0 Å². The number of benzene rings is 1. The number of halogens is 2. The van der Waals surface area contributed by atoms with E-state index in [0.29, 0.717) is 10.2 Å². The number of hydrogen-bond acceptors (Lipinski definition) is 4. The van der Waals surface area contributed by atoms with Crippen LogP contribution in [0.15, 0.2) is 45.5 Å². The molecule has 2 rings (SSSR count). The van der Waals surface area contributed by atoms with E-state index in [1.807, 2.05) is 0 Å². The summed E-state index contributed by atoms with van der Waals surface area (Å²) in [5, 5.41) is 13.2. The number of carbonyl (C=O) groups is 1. The van der Waals surface area contributed by atoms with Crippen molar-refractivity contribution in [1.82, 2.24) is 4.98 Å². The number of amides is 1. The van der Waals surface area contributed by atoms with Gasteiger partial charge in [0.1, 0.15) is 5.69 Å². The van der Waals surface area contributed by atoms with Crippen molar-refractivity contribution in [2.75, 3.05) is 5.32 Å². The Hall–Kier alpha value is -1.80. The van der Waals surface area contributed by atoms with Crippen LogP contribution in [0.2, 0.25) is 0 Å². The number of non-ortho nitro benzene ring substituents is 1. The molecule has 20 heavy (non-hydrogen) atoms. The molecule has 6 nitrogen and oxygen atoms in total. The summed E-state index contributed by atoms with van der Waals surface area (Å²) in [5.74, 6) is -0.396. The molecule has 0 fully saturated rings. The maximum absolute atomic E-state index is 12.0. The predicted molar refractivity (Wildman–Crippen MR) is 80.7 cm³/mol. The van der Waals surface area contributed by atoms with Crippen LogP contribution in [0.25, 0.3) is 0 Å². The van der Waals surface area contributed by atoms with Gasteiger partial charge in [-0.05, 0) is 50.1 Å². The van der Waals surface area contributed by atoms with E-state index in [2.05, 4.69) is 42.2 Å². The standard InChI is InChI=1S/C12H7Br2N3O3/c13-7-1-3-11(15-6-7)12(18)16-10-4-2-8(17(19)20)5-9(10)14/h1-6H,(H,16,18). The molecule has 102 valence electrons. The monoisotopic (exact) mass is 399 g/mol. The zero-order chi connectivity index (χ0) is 14.7. The van der Waals surface area contributed by atoms with E-state index in [4.69, 9.17) is 0 Å². The highest BCUT2D eigenvalue weighted by molar-refractivity contribution is 9.10. The summed E-state index contributed by atoms with van der Waals surface area (Å²) in [7, 11) is 0. The molecule has 0 atom stereocenters. The van der Waals surface area contributed by atoms with Gasteiger partial charge in [-0.3, -0.25) is 14.9 Å². The summed E-state index contributed by atoms with van der Waals surface area (Å²) in [6.07, 6.45) is 1.51. The minimum Gasteiger partial charge on any atom is -0.320 e. The molecular formula is C12H7Br2N3O3. The Morgan fingerprint density at radius 3 is 2.55 bits per heavy atom. The first kappa shape index (κ1) is 14.6. The molecule has 0 saturated heterocycles. The lowest BCUT2D eigenvalue weighted by Crippen LogP contribution is -2.13. The van der Waals surface area contributed by atoms with E-state index in [1.165, 1.54) is 24.4 Å². The summed E-state index contributed by atoms with van der Waals surface area (Å²) < 4.78 is 1.20. The number of carbonyl (C=O) groups excluding carboxylic acids is 1. The van der Waals surface area contributed by atoms with Crippen molar-refractivity contribution in [3.8, 4) is 0 Å². The Morgan fingerprint density at radius 1 is 1.25 bits per heavy atom. The summed E-state index contributed by atoms with van der Waals surface area (Å²) >= 11 is 6.41. The number of aromatic nitrogens is 1. The minimum atomic E-state index is -0.507. The number of hydrogen-bond donors (Lipinski definition) is 1. The quantitative estimate of drug-likeness (QED) is 0.627. The number of nitrogens with one attached hydrogen (secondary N) is 1. The Bertz CT molecular complexity index is 674. The Kier molecular flexibility index (Phi) is 4.46. The van der Waals surface area contributed by atoms with Crippen LogP contribution in [0.5, 0.6) is 0 Å². The second-order valence-corrected chi connectivity index (χ2v) is 5.51. The molecule has 8 heteroatoms. The smallest absolute Gasteiger partial charge is 0.274 e. The van der Waals surface area contributed by atoms with Gasteiger partial charge in [0.2, 0.25) is 0 Å². The number of nitrogens with zero attached hydrogens (tertiary/aromatic N) is 2. The fourth-order valence-corrected chi connectivity index (χ4v) is 2.12. The third-order valence-electron chi connectivity index (χ3n) is 2.37. The van der Waals surface area contributed by atoms with Gasteiger partial charge in [0.15, 0.2) is 0 Å². The SMILES string of the molecule is O=C(Nc1ccc([N+](=O)[O-])cc1Br)c1ccc(Br)cn1. The van der Waals surface area contributed by atoms with Crippen molar-refractivity contribution in [2.45, 2.75) is 0 Å². The molecular weight excluding hydrogens is 394 g/mol. The molecule has 1 aromatic carbocycles. The van der Waals surface area contributed by atoms with E-state index in [9.17, 15) is 14.9 Å². The molecule has 0 aliphatic heterocycles. The minimum absolute atomic E-state index is 0.0587. The molecule has 1 aromatic heterocycles. The van der Waals surface area contributed by atoms with Crippen LogP contribution in [0.4, 0.5) is 11.4 Å². The van der Waals surface area contributed by atoms with E-state index < -0.39 is 10.8 Å². The van der Waals surface area contributed by atoms with Gasteiger partial charge in [0.25, 0.3) is 11.6 Å². The lowest BCUT2D eigenvalue weighted by atomic mass is 10.2. The molecule has 0 radical (unpaired) electrons. The third-order valence-corrected chi connectivity index (χ3v) is 3.50. The fraction of sp³-hybridized carbons (Fsp3) is 0. The topological polar surface area (TPSA) is 85.1 Å². The van der Waals surface area contributed by atoms with E-state index in [0.717, 1.165) is 4.47 Å². The highest BCUT2D eigenvalue weighted by Gasteiger charge is 2.13. The first-order valence-electron chi connectivity index (χ1n) is 5.34. The van der Waals surface area contributed by atoms with Gasteiger partial charge in [-0.15, -0.1) is 0 Å². The van der Waals surface area contributed by atoms with Crippen molar-refractivity contribution in [3.63, 3.8) is 0 Å². The van der Waals surface area contributed by atoms with Gasteiger partial charge < -0.3 is 5.32 Å². The second kappa shape index (κ2) is 6.10. The van der Waals surface area contributed by atoms with Gasteiger partial charge in [-0.2, -0.15) is 0 Å². The van der Waals surface area contributed by atoms with Crippen molar-refractivity contribution >= 4 is 49.1 Å². The summed E-state index contributed by atoms with van der Waals surface area (Å²) in [6.45, 7) is 0. The molecule has 1 N–H and O–H groups in total. The van der Waals surface area contributed by atoms with Gasteiger partial charge in [-0.1, -0.05) is 0 Å². The largest absolute Gasteiger partial charge is 0.320 e. The first-order chi connectivity index (χ1) is 9.47. The van der Waals surface area contributed by atoms with Crippen molar-refractivity contribution < 1.29 is 9.72 Å². The lowest BCUT2D eigenvalue weighted by Gasteiger charge is -2.06. The summed E-state index contributed by atoms with van der Waals surface area (Å²) in [6, 6.07) is 7.37. The zero-order valence-electron chi connectivity index (χ0n) is 9.84. The van der Waals surface area contributed by atoms with Crippen LogP contribution < -0.4 is 5.32 Å². The van der Waals surface area contributed by atoms with Gasteiger partial charge >= 0.3 is 0 Å². The predicted octanol–water partition coefficient (Wildman–Crippen LogP) is 3.77. The zero-order valence-corrected chi connectivity index (χ0v) is 13.0. The molecule has 0 unspecified atom stereocenters. The number of anilines is 1.